The SMILES string of the molecule is c1coc(C2CCN(Cc3ccc4nonc4c3)CC2)n1. The van der Waals surface area contributed by atoms with E-state index in [2.05, 4.69) is 26.3 Å². The summed E-state index contributed by atoms with van der Waals surface area (Å²) in [5, 5.41) is 7.72. The van der Waals surface area contributed by atoms with Crippen molar-refractivity contribution in [1.82, 2.24) is 20.2 Å². The Balaban J connectivity index is 1.40. The molecule has 1 saturated heterocycles. The molecule has 0 aliphatic carbocycles. The van der Waals surface area contributed by atoms with Crippen LogP contribution in [-0.4, -0.2) is 33.3 Å². The molecule has 4 rings (SSSR count). The molecule has 0 unspecified atom stereocenters. The van der Waals surface area contributed by atoms with Gasteiger partial charge in [-0.25, -0.2) is 9.61 Å². The lowest BCUT2D eigenvalue weighted by molar-refractivity contribution is 0.193. The summed E-state index contributed by atoms with van der Waals surface area (Å²) in [4.78, 5) is 6.72. The minimum Gasteiger partial charge on any atom is -0.449 e. The first-order chi connectivity index (χ1) is 10.4. The lowest BCUT2D eigenvalue weighted by Gasteiger charge is -2.30. The van der Waals surface area contributed by atoms with Crippen LogP contribution in [0.15, 0.2) is 39.7 Å². The smallest absolute Gasteiger partial charge is 0.197 e. The Hall–Kier alpha value is -2.21. The van der Waals surface area contributed by atoms with Crippen molar-refractivity contribution in [3.8, 4) is 0 Å². The van der Waals surface area contributed by atoms with E-state index in [9.17, 15) is 0 Å². The summed E-state index contributed by atoms with van der Waals surface area (Å²) in [6, 6.07) is 6.10. The number of benzene rings is 1. The Morgan fingerprint density at radius 3 is 2.81 bits per heavy atom. The molecule has 1 aromatic carbocycles. The second-order valence-corrected chi connectivity index (χ2v) is 5.51. The molecule has 0 N–H and O–H groups in total. The number of nitrogens with zero attached hydrogens (tertiary/aromatic N) is 4. The van der Waals surface area contributed by atoms with E-state index in [0.717, 1.165) is 49.4 Å². The molecule has 1 fully saturated rings. The molecule has 21 heavy (non-hydrogen) atoms. The summed E-state index contributed by atoms with van der Waals surface area (Å²) >= 11 is 0. The van der Waals surface area contributed by atoms with E-state index in [0.29, 0.717) is 5.92 Å². The highest BCUT2D eigenvalue weighted by molar-refractivity contribution is 5.73. The van der Waals surface area contributed by atoms with Gasteiger partial charge >= 0.3 is 0 Å². The van der Waals surface area contributed by atoms with Gasteiger partial charge in [0.2, 0.25) is 0 Å². The molecule has 0 saturated carbocycles. The van der Waals surface area contributed by atoms with Gasteiger partial charge in [-0.1, -0.05) is 6.07 Å². The van der Waals surface area contributed by atoms with Gasteiger partial charge in [-0.05, 0) is 53.9 Å². The van der Waals surface area contributed by atoms with Crippen molar-refractivity contribution < 1.29 is 9.05 Å². The lowest BCUT2D eigenvalue weighted by Crippen LogP contribution is -2.32. The zero-order valence-electron chi connectivity index (χ0n) is 11.6. The highest BCUT2D eigenvalue weighted by Gasteiger charge is 2.23. The van der Waals surface area contributed by atoms with Crippen molar-refractivity contribution in [2.24, 2.45) is 0 Å². The minimum absolute atomic E-state index is 0.457. The van der Waals surface area contributed by atoms with Crippen molar-refractivity contribution in [1.29, 1.82) is 0 Å². The van der Waals surface area contributed by atoms with E-state index in [1.165, 1.54) is 5.56 Å². The van der Waals surface area contributed by atoms with Crippen LogP contribution in [0.3, 0.4) is 0 Å². The van der Waals surface area contributed by atoms with E-state index in [-0.39, 0.29) is 0 Å². The molecule has 0 amide bonds. The monoisotopic (exact) mass is 284 g/mol. The number of fused-ring (bicyclic) bond motifs is 1. The Labute approximate surface area is 121 Å². The molecule has 1 aliphatic heterocycles. The van der Waals surface area contributed by atoms with Gasteiger partial charge in [0, 0.05) is 12.5 Å². The predicted octanol–water partition coefficient (Wildman–Crippen LogP) is 2.59. The average Bonchev–Trinajstić information content (AvgIpc) is 3.19. The van der Waals surface area contributed by atoms with Gasteiger partial charge in [0.05, 0.1) is 6.20 Å². The van der Waals surface area contributed by atoms with E-state index >= 15 is 0 Å². The van der Waals surface area contributed by atoms with Crippen molar-refractivity contribution in [2.45, 2.75) is 25.3 Å². The van der Waals surface area contributed by atoms with Crippen molar-refractivity contribution in [3.63, 3.8) is 0 Å². The number of likely N-dealkylation sites (tertiary alicyclic amines) is 1. The molecule has 0 atom stereocenters. The fourth-order valence-electron chi connectivity index (χ4n) is 2.96. The third-order valence-electron chi connectivity index (χ3n) is 4.11. The molecule has 0 radical (unpaired) electrons. The van der Waals surface area contributed by atoms with Crippen LogP contribution in [0.25, 0.3) is 11.0 Å². The zero-order chi connectivity index (χ0) is 14.1. The largest absolute Gasteiger partial charge is 0.449 e. The van der Waals surface area contributed by atoms with Crippen molar-refractivity contribution in [3.05, 3.63) is 42.1 Å². The molecule has 0 bridgehead atoms. The summed E-state index contributed by atoms with van der Waals surface area (Å²) in [5.74, 6) is 1.34. The number of rotatable bonds is 3. The van der Waals surface area contributed by atoms with Crippen LogP contribution in [0.4, 0.5) is 0 Å². The fraction of sp³-hybridized carbons (Fsp3) is 0.400. The summed E-state index contributed by atoms with van der Waals surface area (Å²) in [6.45, 7) is 3.05. The Bertz CT molecular complexity index is 714. The fourth-order valence-corrected chi connectivity index (χ4v) is 2.96. The van der Waals surface area contributed by atoms with Crippen LogP contribution >= 0.6 is 0 Å². The molecule has 0 spiro atoms. The van der Waals surface area contributed by atoms with Crippen LogP contribution in [-0.2, 0) is 6.54 Å². The zero-order valence-corrected chi connectivity index (χ0v) is 11.6. The van der Waals surface area contributed by atoms with Crippen molar-refractivity contribution in [2.75, 3.05) is 13.1 Å². The maximum Gasteiger partial charge on any atom is 0.197 e. The predicted molar refractivity (Wildman–Crippen MR) is 75.6 cm³/mol. The standard InChI is InChI=1S/C15H16N4O2/c1-2-13-14(18-21-17-13)9-11(1)10-19-6-3-12(4-7-19)15-16-5-8-20-15/h1-2,5,8-9,12H,3-4,6-7,10H2. The number of oxazole rings is 1. The highest BCUT2D eigenvalue weighted by atomic mass is 16.6. The first-order valence-electron chi connectivity index (χ1n) is 7.21. The van der Waals surface area contributed by atoms with E-state index in [1.807, 2.05) is 12.1 Å². The van der Waals surface area contributed by atoms with Crippen LogP contribution in [0.2, 0.25) is 0 Å². The molecular formula is C15H16N4O2. The maximum atomic E-state index is 5.41. The lowest BCUT2D eigenvalue weighted by atomic mass is 9.96. The first kappa shape index (κ1) is 12.5. The molecule has 3 heterocycles. The van der Waals surface area contributed by atoms with Gasteiger partial charge in [-0.3, -0.25) is 4.90 Å². The first-order valence-corrected chi connectivity index (χ1v) is 7.21. The maximum absolute atomic E-state index is 5.41. The summed E-state index contributed by atoms with van der Waals surface area (Å²) in [6.07, 6.45) is 5.56. The number of hydrogen-bond acceptors (Lipinski definition) is 6. The molecular weight excluding hydrogens is 268 g/mol. The second-order valence-electron chi connectivity index (χ2n) is 5.51. The quantitative estimate of drug-likeness (QED) is 0.736. The molecule has 6 heteroatoms. The average molecular weight is 284 g/mol. The van der Waals surface area contributed by atoms with Crippen LogP contribution in [0, 0.1) is 0 Å². The van der Waals surface area contributed by atoms with Gasteiger partial charge in [0.1, 0.15) is 17.3 Å². The van der Waals surface area contributed by atoms with Gasteiger partial charge < -0.3 is 4.42 Å². The molecule has 108 valence electrons. The number of hydrogen-bond donors (Lipinski definition) is 0. The van der Waals surface area contributed by atoms with Crippen LogP contribution in [0.1, 0.15) is 30.2 Å². The van der Waals surface area contributed by atoms with Gasteiger partial charge in [0.25, 0.3) is 0 Å². The summed E-state index contributed by atoms with van der Waals surface area (Å²) in [5.41, 5.74) is 2.87. The topological polar surface area (TPSA) is 68.2 Å². The highest BCUT2D eigenvalue weighted by Crippen LogP contribution is 2.27. The van der Waals surface area contributed by atoms with E-state index < -0.39 is 0 Å². The van der Waals surface area contributed by atoms with Crippen molar-refractivity contribution >= 4 is 11.0 Å². The number of piperidine rings is 1. The molecule has 1 aliphatic rings. The Morgan fingerprint density at radius 1 is 1.14 bits per heavy atom. The third-order valence-corrected chi connectivity index (χ3v) is 4.11. The Morgan fingerprint density at radius 2 is 2.00 bits per heavy atom. The molecule has 3 aromatic rings. The summed E-state index contributed by atoms with van der Waals surface area (Å²) < 4.78 is 10.1. The Kier molecular flexibility index (Phi) is 3.16. The van der Waals surface area contributed by atoms with Gasteiger partial charge in [-0.15, -0.1) is 0 Å². The van der Waals surface area contributed by atoms with Crippen LogP contribution < -0.4 is 0 Å². The third kappa shape index (κ3) is 2.54. The van der Waals surface area contributed by atoms with Gasteiger partial charge in [0.15, 0.2) is 5.89 Å². The van der Waals surface area contributed by atoms with E-state index in [4.69, 9.17) is 9.05 Å². The molecule has 2 aromatic heterocycles. The normalized spacial score (nSPS) is 17.5. The van der Waals surface area contributed by atoms with E-state index in [1.54, 1.807) is 12.5 Å². The minimum atomic E-state index is 0.457. The number of aromatic nitrogens is 3. The summed E-state index contributed by atoms with van der Waals surface area (Å²) in [7, 11) is 0. The molecule has 6 nitrogen and oxygen atoms in total. The van der Waals surface area contributed by atoms with Gasteiger partial charge in [-0.2, -0.15) is 0 Å². The van der Waals surface area contributed by atoms with Crippen LogP contribution in [0.5, 0.6) is 0 Å². The second kappa shape index (κ2) is 5.29.